The molecule has 5 rings (SSSR count). The van der Waals surface area contributed by atoms with Gasteiger partial charge in [-0.25, -0.2) is 15.0 Å². The van der Waals surface area contributed by atoms with Gasteiger partial charge in [0.05, 0.1) is 6.33 Å². The first kappa shape index (κ1) is 25.0. The molecular formula is C24H30N8O5. The second-order valence-corrected chi connectivity index (χ2v) is 9.27. The number of carboxylic acids is 1. The van der Waals surface area contributed by atoms with Crippen molar-refractivity contribution in [1.82, 2.24) is 29.4 Å². The Labute approximate surface area is 211 Å². The number of anilines is 1. The summed E-state index contributed by atoms with van der Waals surface area (Å²) in [7, 11) is 0. The number of aromatic nitrogens is 5. The minimum Gasteiger partial charge on any atom is -0.480 e. The number of para-hydroxylation sites is 1. The number of hydrogen-bond acceptors (Lipinski definition) is 10. The predicted octanol–water partition coefficient (Wildman–Crippen LogP) is -0.144. The normalized spacial score (nSPS) is 22.8. The second kappa shape index (κ2) is 10.4. The number of aromatic amines is 1. The molecule has 13 nitrogen and oxygen atoms in total. The Morgan fingerprint density at radius 2 is 2.00 bits per heavy atom. The number of carboxylic acid groups (broad SMARTS) is 1. The average molecular weight is 511 g/mol. The highest BCUT2D eigenvalue weighted by Crippen LogP contribution is 2.32. The number of fused-ring (bicyclic) bond motifs is 2. The average Bonchev–Trinajstić information content (AvgIpc) is 3.58. The Bertz CT molecular complexity index is 1390. The van der Waals surface area contributed by atoms with Gasteiger partial charge < -0.3 is 41.4 Å². The van der Waals surface area contributed by atoms with Crippen LogP contribution < -0.4 is 11.5 Å². The van der Waals surface area contributed by atoms with E-state index in [1.165, 1.54) is 17.2 Å². The number of H-pyrrole nitrogens is 1. The van der Waals surface area contributed by atoms with Crippen LogP contribution in [0.15, 0.2) is 43.1 Å². The summed E-state index contributed by atoms with van der Waals surface area (Å²) in [5, 5.41) is 32.0. The molecule has 0 radical (unpaired) electrons. The summed E-state index contributed by atoms with van der Waals surface area (Å²) in [4.78, 5) is 28.9. The smallest absolute Gasteiger partial charge is 0.320 e. The van der Waals surface area contributed by atoms with Crippen LogP contribution in [0.25, 0.3) is 22.1 Å². The van der Waals surface area contributed by atoms with Gasteiger partial charge in [-0.15, -0.1) is 0 Å². The number of ether oxygens (including phenoxy) is 1. The molecular weight excluding hydrogens is 480 g/mol. The van der Waals surface area contributed by atoms with Gasteiger partial charge in [-0.3, -0.25) is 9.36 Å². The van der Waals surface area contributed by atoms with Gasteiger partial charge in [-0.05, 0) is 24.5 Å². The number of aliphatic carboxylic acids is 1. The van der Waals surface area contributed by atoms with E-state index in [9.17, 15) is 20.1 Å². The quantitative estimate of drug-likeness (QED) is 0.166. The maximum absolute atomic E-state index is 11.3. The van der Waals surface area contributed by atoms with Crippen molar-refractivity contribution in [2.75, 3.05) is 25.4 Å². The molecule has 0 aliphatic carbocycles. The fourth-order valence-corrected chi connectivity index (χ4v) is 4.78. The van der Waals surface area contributed by atoms with Crippen LogP contribution in [-0.4, -0.2) is 94.7 Å². The van der Waals surface area contributed by atoms with Crippen LogP contribution in [0, 0.1) is 0 Å². The first-order valence-electron chi connectivity index (χ1n) is 12.0. The van der Waals surface area contributed by atoms with Crippen LogP contribution in [0.4, 0.5) is 5.82 Å². The van der Waals surface area contributed by atoms with Gasteiger partial charge in [0.25, 0.3) is 0 Å². The molecule has 0 bridgehead atoms. The number of aliphatic hydroxyl groups excluding tert-OH is 2. The van der Waals surface area contributed by atoms with E-state index in [0.29, 0.717) is 30.7 Å². The van der Waals surface area contributed by atoms with Gasteiger partial charge in [-0.1, -0.05) is 18.2 Å². The third kappa shape index (κ3) is 4.99. The van der Waals surface area contributed by atoms with E-state index >= 15 is 0 Å². The van der Waals surface area contributed by atoms with Crippen LogP contribution in [-0.2, 0) is 16.0 Å². The summed E-state index contributed by atoms with van der Waals surface area (Å²) in [6, 6.07) is 6.98. The highest BCUT2D eigenvalue weighted by atomic mass is 16.6. The van der Waals surface area contributed by atoms with Crippen LogP contribution in [0.3, 0.4) is 0 Å². The van der Waals surface area contributed by atoms with E-state index in [0.717, 1.165) is 16.5 Å². The SMILES string of the molecule is Nc1ncnc2c1ncn2[C@@H]1O[C@H](CN(CCc2c[nH]c3ccccc23)CC[C@H](N)C(=O)O)[C@@H](O)[C@H]1O. The number of benzene rings is 1. The fraction of sp³-hybridized carbons (Fsp3) is 0.417. The van der Waals surface area contributed by atoms with Crippen molar-refractivity contribution in [1.29, 1.82) is 0 Å². The Balaban J connectivity index is 1.32. The predicted molar refractivity (Wildman–Crippen MR) is 134 cm³/mol. The third-order valence-corrected chi connectivity index (χ3v) is 6.88. The van der Waals surface area contributed by atoms with Crippen LogP contribution in [0.2, 0.25) is 0 Å². The number of imidazole rings is 1. The van der Waals surface area contributed by atoms with E-state index in [1.807, 2.05) is 35.4 Å². The topological polar surface area (TPSA) is 202 Å². The summed E-state index contributed by atoms with van der Waals surface area (Å²) >= 11 is 0. The second-order valence-electron chi connectivity index (χ2n) is 9.27. The molecule has 0 spiro atoms. The zero-order valence-electron chi connectivity index (χ0n) is 20.0. The van der Waals surface area contributed by atoms with Crippen molar-refractivity contribution < 1.29 is 24.9 Å². The summed E-state index contributed by atoms with van der Waals surface area (Å²) in [6.07, 6.45) is 1.49. The third-order valence-electron chi connectivity index (χ3n) is 6.88. The van der Waals surface area contributed by atoms with E-state index in [2.05, 4.69) is 19.9 Å². The molecule has 37 heavy (non-hydrogen) atoms. The minimum atomic E-state index is -1.24. The van der Waals surface area contributed by atoms with E-state index < -0.39 is 36.6 Å². The number of nitrogens with one attached hydrogen (secondary N) is 1. The maximum atomic E-state index is 11.3. The zero-order valence-corrected chi connectivity index (χ0v) is 20.0. The van der Waals surface area contributed by atoms with Crippen molar-refractivity contribution in [2.24, 2.45) is 5.73 Å². The van der Waals surface area contributed by atoms with Crippen molar-refractivity contribution in [3.05, 3.63) is 48.7 Å². The number of hydrogen-bond donors (Lipinski definition) is 6. The van der Waals surface area contributed by atoms with Gasteiger partial charge in [-0.2, -0.15) is 0 Å². The number of nitrogen functional groups attached to an aromatic ring is 1. The summed E-state index contributed by atoms with van der Waals surface area (Å²) in [6.45, 7) is 1.20. The molecule has 1 fully saturated rings. The number of nitrogens with two attached hydrogens (primary N) is 2. The van der Waals surface area contributed by atoms with Gasteiger partial charge in [0.1, 0.15) is 36.2 Å². The molecule has 0 unspecified atom stereocenters. The van der Waals surface area contributed by atoms with Crippen LogP contribution >= 0.6 is 0 Å². The van der Waals surface area contributed by atoms with Crippen molar-refractivity contribution in [3.63, 3.8) is 0 Å². The monoisotopic (exact) mass is 510 g/mol. The van der Waals surface area contributed by atoms with E-state index in [4.69, 9.17) is 16.2 Å². The summed E-state index contributed by atoms with van der Waals surface area (Å²) in [5.74, 6) is -0.871. The van der Waals surface area contributed by atoms with Crippen LogP contribution in [0.5, 0.6) is 0 Å². The van der Waals surface area contributed by atoms with Crippen molar-refractivity contribution in [3.8, 4) is 0 Å². The van der Waals surface area contributed by atoms with Crippen molar-refractivity contribution in [2.45, 2.75) is 43.4 Å². The lowest BCUT2D eigenvalue weighted by Gasteiger charge is -2.27. The largest absolute Gasteiger partial charge is 0.480 e. The molecule has 1 aromatic carbocycles. The highest BCUT2D eigenvalue weighted by molar-refractivity contribution is 5.83. The Morgan fingerprint density at radius 1 is 1.19 bits per heavy atom. The lowest BCUT2D eigenvalue weighted by molar-refractivity contribution is -0.138. The van der Waals surface area contributed by atoms with Gasteiger partial charge in [0.15, 0.2) is 17.7 Å². The lowest BCUT2D eigenvalue weighted by atomic mass is 10.1. The van der Waals surface area contributed by atoms with Gasteiger partial charge in [0.2, 0.25) is 0 Å². The number of rotatable bonds is 10. The Morgan fingerprint density at radius 3 is 2.81 bits per heavy atom. The number of nitrogens with zero attached hydrogens (tertiary/aromatic N) is 5. The highest BCUT2D eigenvalue weighted by Gasteiger charge is 2.44. The molecule has 13 heteroatoms. The van der Waals surface area contributed by atoms with Gasteiger partial charge >= 0.3 is 5.97 Å². The lowest BCUT2D eigenvalue weighted by Crippen LogP contribution is -2.43. The molecule has 4 heterocycles. The molecule has 1 aliphatic heterocycles. The molecule has 196 valence electrons. The minimum absolute atomic E-state index is 0.201. The van der Waals surface area contributed by atoms with Crippen molar-refractivity contribution >= 4 is 33.9 Å². The molecule has 3 aromatic heterocycles. The summed E-state index contributed by atoms with van der Waals surface area (Å²) < 4.78 is 7.62. The molecule has 0 saturated carbocycles. The standard InChI is InChI=1S/C24H30N8O5/c25-15(24(35)36)6-8-31(7-5-13-9-27-16-4-2-1-3-14(13)16)10-17-19(33)20(34)23(37-17)32-12-30-18-21(26)28-11-29-22(18)32/h1-4,9,11-12,15,17,19-20,23,27,33-34H,5-8,10,25H2,(H,35,36)(H2,26,28,29)/t15-,17+,19+,20+,23+/m0/s1. The first-order valence-corrected chi connectivity index (χ1v) is 12.0. The zero-order chi connectivity index (χ0) is 26.1. The van der Waals surface area contributed by atoms with E-state index in [1.54, 1.807) is 0 Å². The molecule has 8 N–H and O–H groups in total. The van der Waals surface area contributed by atoms with E-state index in [-0.39, 0.29) is 18.8 Å². The first-order chi connectivity index (χ1) is 17.8. The molecule has 1 aliphatic rings. The van der Waals surface area contributed by atoms with Gasteiger partial charge in [0, 0.05) is 36.7 Å². The summed E-state index contributed by atoms with van der Waals surface area (Å²) in [5.41, 5.74) is 14.5. The Kier molecular flexibility index (Phi) is 7.04. The van der Waals surface area contributed by atoms with Crippen LogP contribution in [0.1, 0.15) is 18.2 Å². The molecule has 5 atom stereocenters. The Hall–Kier alpha value is -3.62. The molecule has 0 amide bonds. The molecule has 1 saturated heterocycles. The maximum Gasteiger partial charge on any atom is 0.320 e. The molecule has 4 aromatic rings. The number of aliphatic hydroxyl groups is 2. The number of carbonyl (C=O) groups is 1. The fourth-order valence-electron chi connectivity index (χ4n) is 4.78.